The third kappa shape index (κ3) is 3.70. The van der Waals surface area contributed by atoms with E-state index in [0.717, 1.165) is 25.9 Å². The predicted molar refractivity (Wildman–Crippen MR) is 78.2 cm³/mol. The Hall–Kier alpha value is -1.67. The second-order valence-electron chi connectivity index (χ2n) is 5.36. The van der Waals surface area contributed by atoms with Gasteiger partial charge in [-0.1, -0.05) is 6.42 Å². The van der Waals surface area contributed by atoms with Crippen molar-refractivity contribution in [1.82, 2.24) is 15.0 Å². The Kier molecular flexibility index (Phi) is 4.66. The number of morpholine rings is 1. The van der Waals surface area contributed by atoms with E-state index in [1.165, 1.54) is 19.3 Å². The number of ether oxygens (including phenoxy) is 2. The molecule has 1 saturated carbocycles. The molecule has 0 spiro atoms. The van der Waals surface area contributed by atoms with Crippen molar-refractivity contribution < 1.29 is 9.47 Å². The molecule has 1 aliphatic carbocycles. The second-order valence-corrected chi connectivity index (χ2v) is 5.36. The fraction of sp³-hybridized carbons (Fsp3) is 0.769. The van der Waals surface area contributed by atoms with E-state index in [2.05, 4.69) is 25.3 Å². The molecule has 2 fully saturated rings. The second kappa shape index (κ2) is 6.86. The molecule has 1 aromatic heterocycles. The van der Waals surface area contributed by atoms with E-state index in [4.69, 9.17) is 15.3 Å². The van der Waals surface area contributed by atoms with Crippen molar-refractivity contribution in [2.24, 2.45) is 5.84 Å². The Morgan fingerprint density at radius 3 is 2.57 bits per heavy atom. The van der Waals surface area contributed by atoms with E-state index in [9.17, 15) is 0 Å². The summed E-state index contributed by atoms with van der Waals surface area (Å²) < 4.78 is 11.3. The van der Waals surface area contributed by atoms with Gasteiger partial charge in [0.05, 0.1) is 13.2 Å². The Labute approximate surface area is 124 Å². The van der Waals surface area contributed by atoms with Crippen molar-refractivity contribution >= 4 is 11.9 Å². The summed E-state index contributed by atoms with van der Waals surface area (Å²) in [5, 5.41) is 0. The van der Waals surface area contributed by atoms with Gasteiger partial charge >= 0.3 is 6.01 Å². The molecule has 0 bridgehead atoms. The van der Waals surface area contributed by atoms with Gasteiger partial charge in [0.2, 0.25) is 11.9 Å². The van der Waals surface area contributed by atoms with Crippen LogP contribution < -0.4 is 20.9 Å². The molecule has 8 nitrogen and oxygen atoms in total. The minimum atomic E-state index is 0.198. The van der Waals surface area contributed by atoms with Gasteiger partial charge in [0.1, 0.15) is 6.10 Å². The zero-order chi connectivity index (χ0) is 14.5. The summed E-state index contributed by atoms with van der Waals surface area (Å²) in [7, 11) is 0. The highest BCUT2D eigenvalue weighted by molar-refractivity contribution is 5.38. The molecule has 3 rings (SSSR count). The third-order valence-electron chi connectivity index (χ3n) is 3.85. The van der Waals surface area contributed by atoms with Crippen LogP contribution in [-0.4, -0.2) is 47.4 Å². The fourth-order valence-corrected chi connectivity index (χ4v) is 2.70. The molecule has 8 heteroatoms. The molecule has 1 aromatic rings. The van der Waals surface area contributed by atoms with Gasteiger partial charge in [0.25, 0.3) is 0 Å². The zero-order valence-corrected chi connectivity index (χ0v) is 12.1. The first-order valence-corrected chi connectivity index (χ1v) is 7.57. The third-order valence-corrected chi connectivity index (χ3v) is 3.85. The van der Waals surface area contributed by atoms with E-state index in [1.54, 1.807) is 0 Å². The number of aromatic nitrogens is 3. The van der Waals surface area contributed by atoms with E-state index < -0.39 is 0 Å². The van der Waals surface area contributed by atoms with E-state index in [1.807, 2.05) is 0 Å². The number of hydrogen-bond donors (Lipinski definition) is 2. The number of nitrogen functional groups attached to an aromatic ring is 1. The molecule has 1 aliphatic heterocycles. The first-order valence-electron chi connectivity index (χ1n) is 7.57. The SMILES string of the molecule is NNc1nc(OC2CCCCC2)nc(N2CCOCC2)n1. The zero-order valence-electron chi connectivity index (χ0n) is 12.1. The monoisotopic (exact) mass is 294 g/mol. The highest BCUT2D eigenvalue weighted by atomic mass is 16.5. The Morgan fingerprint density at radius 1 is 1.10 bits per heavy atom. The van der Waals surface area contributed by atoms with Crippen molar-refractivity contribution in [3.05, 3.63) is 0 Å². The molecule has 2 aliphatic rings. The van der Waals surface area contributed by atoms with E-state index >= 15 is 0 Å². The number of nitrogens with one attached hydrogen (secondary N) is 1. The van der Waals surface area contributed by atoms with Crippen LogP contribution in [0.2, 0.25) is 0 Å². The van der Waals surface area contributed by atoms with Crippen LogP contribution in [0.25, 0.3) is 0 Å². The van der Waals surface area contributed by atoms with E-state index in [0.29, 0.717) is 31.1 Å². The minimum absolute atomic E-state index is 0.198. The number of rotatable bonds is 4. The number of nitrogens with zero attached hydrogens (tertiary/aromatic N) is 4. The average Bonchev–Trinajstić information content (AvgIpc) is 2.56. The van der Waals surface area contributed by atoms with Gasteiger partial charge in [-0.05, 0) is 25.7 Å². The number of anilines is 2. The molecule has 0 amide bonds. The number of hydrazine groups is 1. The Morgan fingerprint density at radius 2 is 1.86 bits per heavy atom. The topological polar surface area (TPSA) is 98.4 Å². The van der Waals surface area contributed by atoms with Crippen LogP contribution in [0.1, 0.15) is 32.1 Å². The highest BCUT2D eigenvalue weighted by Gasteiger charge is 2.20. The molecule has 116 valence electrons. The van der Waals surface area contributed by atoms with Crippen molar-refractivity contribution in [1.29, 1.82) is 0 Å². The van der Waals surface area contributed by atoms with Gasteiger partial charge in [-0.3, -0.25) is 5.43 Å². The molecule has 1 saturated heterocycles. The molecular weight excluding hydrogens is 272 g/mol. The molecule has 0 atom stereocenters. The molecule has 21 heavy (non-hydrogen) atoms. The smallest absolute Gasteiger partial charge is 0.323 e. The van der Waals surface area contributed by atoms with Gasteiger partial charge in [-0.2, -0.15) is 15.0 Å². The van der Waals surface area contributed by atoms with Gasteiger partial charge < -0.3 is 14.4 Å². The summed E-state index contributed by atoms with van der Waals surface area (Å²) in [6.07, 6.45) is 6.01. The normalized spacial score (nSPS) is 20.3. The molecule has 2 heterocycles. The first-order chi connectivity index (χ1) is 10.3. The number of hydrogen-bond acceptors (Lipinski definition) is 8. The standard InChI is InChI=1S/C13H22N6O2/c14-18-11-15-12(19-6-8-20-9-7-19)17-13(16-11)21-10-4-2-1-3-5-10/h10H,1-9,14H2,(H,15,16,17,18). The van der Waals surface area contributed by atoms with Crippen LogP contribution in [-0.2, 0) is 4.74 Å². The van der Waals surface area contributed by atoms with Crippen molar-refractivity contribution in [3.8, 4) is 6.01 Å². The van der Waals surface area contributed by atoms with Crippen LogP contribution in [0.15, 0.2) is 0 Å². The fourth-order valence-electron chi connectivity index (χ4n) is 2.70. The van der Waals surface area contributed by atoms with Crippen LogP contribution in [0.3, 0.4) is 0 Å². The van der Waals surface area contributed by atoms with Crippen LogP contribution >= 0.6 is 0 Å². The lowest BCUT2D eigenvalue weighted by atomic mass is 9.98. The van der Waals surface area contributed by atoms with Gasteiger partial charge in [-0.15, -0.1) is 0 Å². The van der Waals surface area contributed by atoms with Gasteiger partial charge in [0, 0.05) is 13.1 Å². The Bertz CT molecular complexity index is 460. The van der Waals surface area contributed by atoms with Crippen LogP contribution in [0, 0.1) is 0 Å². The van der Waals surface area contributed by atoms with Crippen molar-refractivity contribution in [2.45, 2.75) is 38.2 Å². The maximum atomic E-state index is 5.91. The molecule has 0 aromatic carbocycles. The maximum absolute atomic E-state index is 5.91. The summed E-state index contributed by atoms with van der Waals surface area (Å²) in [5.41, 5.74) is 2.48. The first kappa shape index (κ1) is 14.3. The van der Waals surface area contributed by atoms with Gasteiger partial charge in [0.15, 0.2) is 0 Å². The molecule has 0 radical (unpaired) electrons. The summed E-state index contributed by atoms with van der Waals surface area (Å²) in [6.45, 7) is 2.87. The van der Waals surface area contributed by atoms with Crippen LogP contribution in [0.5, 0.6) is 6.01 Å². The molecular formula is C13H22N6O2. The highest BCUT2D eigenvalue weighted by Crippen LogP contribution is 2.23. The Balaban J connectivity index is 1.75. The minimum Gasteiger partial charge on any atom is -0.460 e. The summed E-state index contributed by atoms with van der Waals surface area (Å²) >= 11 is 0. The largest absolute Gasteiger partial charge is 0.460 e. The van der Waals surface area contributed by atoms with Crippen molar-refractivity contribution in [3.63, 3.8) is 0 Å². The lowest BCUT2D eigenvalue weighted by Crippen LogP contribution is -2.37. The summed E-state index contributed by atoms with van der Waals surface area (Å²) in [4.78, 5) is 15.0. The predicted octanol–water partition coefficient (Wildman–Crippen LogP) is 0.705. The van der Waals surface area contributed by atoms with E-state index in [-0.39, 0.29) is 6.10 Å². The lowest BCUT2D eigenvalue weighted by Gasteiger charge is -2.27. The summed E-state index contributed by atoms with van der Waals surface area (Å²) in [6, 6.07) is 0.353. The number of nitrogens with two attached hydrogens (primary N) is 1. The molecule has 0 unspecified atom stereocenters. The van der Waals surface area contributed by atoms with Crippen molar-refractivity contribution in [2.75, 3.05) is 36.6 Å². The molecule has 3 N–H and O–H groups in total. The average molecular weight is 294 g/mol. The van der Waals surface area contributed by atoms with Gasteiger partial charge in [-0.25, -0.2) is 5.84 Å². The summed E-state index contributed by atoms with van der Waals surface area (Å²) in [5.74, 6) is 6.37. The van der Waals surface area contributed by atoms with Crippen LogP contribution in [0.4, 0.5) is 11.9 Å². The quantitative estimate of drug-likeness (QED) is 0.618. The lowest BCUT2D eigenvalue weighted by molar-refractivity contribution is 0.121. The maximum Gasteiger partial charge on any atom is 0.323 e.